The Morgan fingerprint density at radius 3 is 2.40 bits per heavy atom. The Bertz CT molecular complexity index is 559. The third kappa shape index (κ3) is 6.47. The van der Waals surface area contributed by atoms with Crippen molar-refractivity contribution in [3.63, 3.8) is 0 Å². The number of hydrogen-bond acceptors (Lipinski definition) is 3. The van der Waals surface area contributed by atoms with Crippen LogP contribution in [0.25, 0.3) is 0 Å². The largest absolute Gasteiger partial charge is 0.481 e. The predicted octanol–water partition coefficient (Wildman–Crippen LogP) is 6.72. The van der Waals surface area contributed by atoms with E-state index < -0.39 is 17.8 Å². The van der Waals surface area contributed by atoms with Crippen molar-refractivity contribution in [1.29, 1.82) is 0 Å². The van der Waals surface area contributed by atoms with Gasteiger partial charge in [0.2, 0.25) is 0 Å². The Hall–Kier alpha value is -1.06. The molecular weight excluding hydrogens is 376 g/mol. The predicted molar refractivity (Wildman–Crippen MR) is 121 cm³/mol. The topological polar surface area (TPSA) is 63.6 Å². The summed E-state index contributed by atoms with van der Waals surface area (Å²) in [6.45, 7) is 11.8. The number of ether oxygens (including phenoxy) is 1. The molecule has 2 aliphatic carbocycles. The maximum absolute atomic E-state index is 12.8. The summed E-state index contributed by atoms with van der Waals surface area (Å²) in [4.78, 5) is 24.5. The van der Waals surface area contributed by atoms with Gasteiger partial charge in [-0.15, -0.1) is 0 Å². The lowest BCUT2D eigenvalue weighted by atomic mass is 9.59. The van der Waals surface area contributed by atoms with Gasteiger partial charge in [0.25, 0.3) is 0 Å². The molecule has 0 amide bonds. The first kappa shape index (κ1) is 25.2. The second-order valence-electron chi connectivity index (χ2n) is 10.9. The van der Waals surface area contributed by atoms with Gasteiger partial charge in [-0.1, -0.05) is 73.1 Å². The van der Waals surface area contributed by atoms with Gasteiger partial charge in [0.1, 0.15) is 0 Å². The van der Waals surface area contributed by atoms with Crippen molar-refractivity contribution in [2.24, 2.45) is 40.9 Å². The van der Waals surface area contributed by atoms with Crippen LogP contribution in [0, 0.1) is 40.9 Å². The van der Waals surface area contributed by atoms with E-state index >= 15 is 0 Å². The second-order valence-corrected chi connectivity index (χ2v) is 10.9. The fourth-order valence-electron chi connectivity index (χ4n) is 6.13. The fraction of sp³-hybridized carbons (Fsp3) is 0.923. The number of carboxylic acids is 1. The molecule has 0 radical (unpaired) electrons. The van der Waals surface area contributed by atoms with Crippen LogP contribution in [0.5, 0.6) is 0 Å². The number of aliphatic carboxylic acids is 1. The lowest BCUT2D eigenvalue weighted by molar-refractivity contribution is -0.164. The van der Waals surface area contributed by atoms with Crippen molar-refractivity contribution in [2.45, 2.75) is 105 Å². The third-order valence-electron chi connectivity index (χ3n) is 8.55. The summed E-state index contributed by atoms with van der Waals surface area (Å²) in [7, 11) is 0. The first-order valence-electron chi connectivity index (χ1n) is 12.6. The molecule has 2 fully saturated rings. The van der Waals surface area contributed by atoms with E-state index in [4.69, 9.17) is 4.74 Å². The molecule has 0 aliphatic heterocycles. The highest BCUT2D eigenvalue weighted by molar-refractivity contribution is 5.81. The molecule has 0 bridgehead atoms. The first-order valence-corrected chi connectivity index (χ1v) is 12.6. The Balaban J connectivity index is 1.91. The summed E-state index contributed by atoms with van der Waals surface area (Å²) in [6, 6.07) is 0. The molecule has 0 heterocycles. The molecule has 4 heteroatoms. The van der Waals surface area contributed by atoms with E-state index in [1.165, 1.54) is 44.9 Å². The minimum Gasteiger partial charge on any atom is -0.481 e. The molecule has 0 spiro atoms. The summed E-state index contributed by atoms with van der Waals surface area (Å²) in [5.74, 6) is -0.532. The van der Waals surface area contributed by atoms with Crippen molar-refractivity contribution in [2.75, 3.05) is 6.61 Å². The zero-order chi connectivity index (χ0) is 22.3. The molecule has 0 aromatic heterocycles. The van der Waals surface area contributed by atoms with Gasteiger partial charge in [-0.05, 0) is 61.2 Å². The van der Waals surface area contributed by atoms with E-state index in [1.54, 1.807) is 0 Å². The molecule has 2 rings (SSSR count). The van der Waals surface area contributed by atoms with Crippen LogP contribution in [0.1, 0.15) is 105 Å². The minimum atomic E-state index is -0.848. The summed E-state index contributed by atoms with van der Waals surface area (Å²) in [5, 5.41) is 9.61. The lowest BCUT2D eigenvalue weighted by Crippen LogP contribution is -2.41. The monoisotopic (exact) mass is 422 g/mol. The van der Waals surface area contributed by atoms with E-state index in [2.05, 4.69) is 27.7 Å². The van der Waals surface area contributed by atoms with Crippen LogP contribution < -0.4 is 0 Å². The highest BCUT2D eigenvalue weighted by atomic mass is 16.5. The number of unbranched alkanes of at least 4 members (excludes halogenated alkanes) is 4. The SMILES string of the molecule is CCCCCCCC1(C)CC(COC(=O)C2CCCC(C)C2C(=O)O)C(C)CC1C. The second kappa shape index (κ2) is 11.5. The highest BCUT2D eigenvalue weighted by Crippen LogP contribution is 2.49. The van der Waals surface area contributed by atoms with Crippen molar-refractivity contribution in [3.8, 4) is 0 Å². The molecule has 7 atom stereocenters. The van der Waals surface area contributed by atoms with Gasteiger partial charge in [0, 0.05) is 0 Å². The molecule has 1 N–H and O–H groups in total. The minimum absolute atomic E-state index is 0.0410. The van der Waals surface area contributed by atoms with Crippen LogP contribution >= 0.6 is 0 Å². The number of carboxylic acid groups (broad SMARTS) is 1. The van der Waals surface area contributed by atoms with Gasteiger partial charge in [-0.25, -0.2) is 0 Å². The smallest absolute Gasteiger partial charge is 0.309 e. The third-order valence-corrected chi connectivity index (χ3v) is 8.55. The van der Waals surface area contributed by atoms with Gasteiger partial charge < -0.3 is 9.84 Å². The first-order chi connectivity index (χ1) is 14.2. The lowest BCUT2D eigenvalue weighted by Gasteiger charge is -2.46. The van der Waals surface area contributed by atoms with Gasteiger partial charge >= 0.3 is 11.9 Å². The van der Waals surface area contributed by atoms with Crippen LogP contribution in [-0.2, 0) is 14.3 Å². The summed E-state index contributed by atoms with van der Waals surface area (Å²) >= 11 is 0. The molecule has 2 saturated carbocycles. The average molecular weight is 423 g/mol. The number of carbonyl (C=O) groups is 2. The molecule has 0 saturated heterocycles. The Kier molecular flexibility index (Phi) is 9.68. The maximum atomic E-state index is 12.8. The standard InChI is InChI=1S/C26H46O4/c1-6-7-8-9-10-14-26(5)16-21(19(3)15-20(26)4)17-30-25(29)22-13-11-12-18(2)23(22)24(27)28/h18-23H,6-17H2,1-5H3,(H,27,28). The van der Waals surface area contributed by atoms with E-state index in [0.29, 0.717) is 36.2 Å². The normalized spacial score (nSPS) is 37.0. The van der Waals surface area contributed by atoms with Crippen molar-refractivity contribution >= 4 is 11.9 Å². The van der Waals surface area contributed by atoms with E-state index in [9.17, 15) is 14.7 Å². The van der Waals surface area contributed by atoms with Crippen LogP contribution in [0.3, 0.4) is 0 Å². The van der Waals surface area contributed by atoms with E-state index in [-0.39, 0.29) is 11.9 Å². The molecular formula is C26H46O4. The van der Waals surface area contributed by atoms with Gasteiger partial charge in [-0.2, -0.15) is 0 Å². The van der Waals surface area contributed by atoms with Crippen LogP contribution in [0.15, 0.2) is 0 Å². The van der Waals surface area contributed by atoms with Crippen molar-refractivity contribution < 1.29 is 19.4 Å². The highest BCUT2D eigenvalue weighted by Gasteiger charge is 2.43. The van der Waals surface area contributed by atoms with Crippen molar-refractivity contribution in [3.05, 3.63) is 0 Å². The van der Waals surface area contributed by atoms with Gasteiger partial charge in [0.15, 0.2) is 0 Å². The van der Waals surface area contributed by atoms with Gasteiger partial charge in [0.05, 0.1) is 18.4 Å². The Labute approximate surface area is 184 Å². The molecule has 30 heavy (non-hydrogen) atoms. The quantitative estimate of drug-likeness (QED) is 0.314. The fourth-order valence-corrected chi connectivity index (χ4v) is 6.13. The molecule has 174 valence electrons. The number of carbonyl (C=O) groups excluding carboxylic acids is 1. The van der Waals surface area contributed by atoms with Crippen molar-refractivity contribution in [1.82, 2.24) is 0 Å². The number of rotatable bonds is 10. The number of esters is 1. The molecule has 0 aromatic rings. The Morgan fingerprint density at radius 2 is 1.73 bits per heavy atom. The van der Waals surface area contributed by atoms with Crippen LogP contribution in [0.4, 0.5) is 0 Å². The molecule has 4 nitrogen and oxygen atoms in total. The van der Waals surface area contributed by atoms with E-state index in [0.717, 1.165) is 19.3 Å². The molecule has 2 aliphatic rings. The van der Waals surface area contributed by atoms with Crippen LogP contribution in [0.2, 0.25) is 0 Å². The molecule has 0 aromatic carbocycles. The van der Waals surface area contributed by atoms with Crippen LogP contribution in [-0.4, -0.2) is 23.7 Å². The number of hydrogen-bond donors (Lipinski definition) is 1. The zero-order valence-corrected chi connectivity index (χ0v) is 20.1. The van der Waals surface area contributed by atoms with Gasteiger partial charge in [-0.3, -0.25) is 9.59 Å². The summed E-state index contributed by atoms with van der Waals surface area (Å²) < 4.78 is 5.80. The summed E-state index contributed by atoms with van der Waals surface area (Å²) in [6.07, 6.45) is 12.6. The van der Waals surface area contributed by atoms with E-state index in [1.807, 2.05) is 6.92 Å². The maximum Gasteiger partial charge on any atom is 0.309 e. The Morgan fingerprint density at radius 1 is 1.03 bits per heavy atom. The summed E-state index contributed by atoms with van der Waals surface area (Å²) in [5.41, 5.74) is 0.318. The zero-order valence-electron chi connectivity index (χ0n) is 20.1. The molecule has 7 unspecified atom stereocenters. The average Bonchev–Trinajstić information content (AvgIpc) is 2.69.